The van der Waals surface area contributed by atoms with E-state index in [1.807, 2.05) is 6.07 Å². The standard InChI is InChI=1S/C11H9BrCl2N2O3S/c1-19-6-9-10(20(14,17)18)11(13)16(15-9)8-4-2-3-7(12)5-8/h2-5H,6H2,1H3. The SMILES string of the molecule is COCc1nn(-c2cccc(Br)c2)c(Cl)c1S(=O)(=O)Cl. The Labute approximate surface area is 134 Å². The maximum absolute atomic E-state index is 11.6. The highest BCUT2D eigenvalue weighted by Crippen LogP contribution is 2.31. The molecule has 108 valence electrons. The van der Waals surface area contributed by atoms with Crippen molar-refractivity contribution in [3.63, 3.8) is 0 Å². The molecule has 0 saturated heterocycles. The van der Waals surface area contributed by atoms with E-state index in [1.54, 1.807) is 18.2 Å². The number of ether oxygens (including phenoxy) is 1. The van der Waals surface area contributed by atoms with Crippen LogP contribution in [0.5, 0.6) is 0 Å². The van der Waals surface area contributed by atoms with Gasteiger partial charge in [-0.3, -0.25) is 0 Å². The van der Waals surface area contributed by atoms with Gasteiger partial charge in [-0.15, -0.1) is 0 Å². The normalized spacial score (nSPS) is 11.8. The fourth-order valence-electron chi connectivity index (χ4n) is 1.68. The van der Waals surface area contributed by atoms with Crippen LogP contribution in [-0.2, 0) is 20.4 Å². The van der Waals surface area contributed by atoms with Gasteiger partial charge in [-0.05, 0) is 18.2 Å². The molecule has 0 amide bonds. The smallest absolute Gasteiger partial charge is 0.266 e. The molecular weight excluding hydrogens is 391 g/mol. The number of hydrogen-bond acceptors (Lipinski definition) is 4. The lowest BCUT2D eigenvalue weighted by Gasteiger charge is -2.03. The van der Waals surface area contributed by atoms with Crippen molar-refractivity contribution in [1.29, 1.82) is 0 Å². The van der Waals surface area contributed by atoms with Crippen molar-refractivity contribution >= 4 is 47.3 Å². The molecule has 0 radical (unpaired) electrons. The van der Waals surface area contributed by atoms with Crippen LogP contribution >= 0.6 is 38.2 Å². The van der Waals surface area contributed by atoms with Gasteiger partial charge in [0, 0.05) is 22.3 Å². The van der Waals surface area contributed by atoms with E-state index in [-0.39, 0.29) is 22.3 Å². The molecule has 9 heteroatoms. The second-order valence-corrected chi connectivity index (χ2v) is 7.61. The Hall–Kier alpha value is -0.600. The zero-order valence-corrected chi connectivity index (χ0v) is 14.1. The molecule has 20 heavy (non-hydrogen) atoms. The Kier molecular flexibility index (Phi) is 4.76. The summed E-state index contributed by atoms with van der Waals surface area (Å²) < 4.78 is 30.3. The van der Waals surface area contributed by atoms with E-state index in [4.69, 9.17) is 27.0 Å². The van der Waals surface area contributed by atoms with E-state index in [0.717, 1.165) is 4.47 Å². The fourth-order valence-corrected chi connectivity index (χ4v) is 3.89. The zero-order valence-electron chi connectivity index (χ0n) is 10.2. The molecule has 0 spiro atoms. The Morgan fingerprint density at radius 3 is 2.70 bits per heavy atom. The quantitative estimate of drug-likeness (QED) is 0.739. The Balaban J connectivity index is 2.68. The molecule has 0 aliphatic heterocycles. The minimum absolute atomic E-state index is 0.0119. The number of hydrogen-bond donors (Lipinski definition) is 0. The van der Waals surface area contributed by atoms with Gasteiger partial charge in [0.2, 0.25) is 0 Å². The summed E-state index contributed by atoms with van der Waals surface area (Å²) in [5.41, 5.74) is 0.765. The van der Waals surface area contributed by atoms with Crippen molar-refractivity contribution in [2.75, 3.05) is 7.11 Å². The van der Waals surface area contributed by atoms with Crippen LogP contribution < -0.4 is 0 Å². The molecule has 5 nitrogen and oxygen atoms in total. The lowest BCUT2D eigenvalue weighted by Crippen LogP contribution is -1.98. The van der Waals surface area contributed by atoms with E-state index in [0.29, 0.717) is 5.69 Å². The molecular formula is C11H9BrCl2N2O3S. The van der Waals surface area contributed by atoms with Crippen LogP contribution in [0, 0.1) is 0 Å². The summed E-state index contributed by atoms with van der Waals surface area (Å²) in [6.07, 6.45) is 0. The van der Waals surface area contributed by atoms with Crippen LogP contribution in [0.15, 0.2) is 33.6 Å². The lowest BCUT2D eigenvalue weighted by atomic mass is 10.3. The summed E-state index contributed by atoms with van der Waals surface area (Å²) in [7, 11) is 2.82. The average Bonchev–Trinajstić information content (AvgIpc) is 2.66. The number of aromatic nitrogens is 2. The van der Waals surface area contributed by atoms with E-state index in [9.17, 15) is 8.42 Å². The third-order valence-electron chi connectivity index (χ3n) is 2.43. The molecule has 0 saturated carbocycles. The first-order valence-corrected chi connectivity index (χ1v) is 8.79. The van der Waals surface area contributed by atoms with E-state index in [1.165, 1.54) is 11.8 Å². The molecule has 1 heterocycles. The van der Waals surface area contributed by atoms with Crippen molar-refractivity contribution in [2.24, 2.45) is 0 Å². The number of benzene rings is 1. The predicted octanol–water partition coefficient (Wildman–Crippen LogP) is 3.36. The first-order chi connectivity index (χ1) is 9.34. The predicted molar refractivity (Wildman–Crippen MR) is 80.0 cm³/mol. The van der Waals surface area contributed by atoms with Gasteiger partial charge in [0.1, 0.15) is 10.6 Å². The second-order valence-electron chi connectivity index (χ2n) is 3.83. The minimum atomic E-state index is -4.02. The highest BCUT2D eigenvalue weighted by molar-refractivity contribution is 9.10. The van der Waals surface area contributed by atoms with Crippen molar-refractivity contribution in [3.8, 4) is 5.69 Å². The van der Waals surface area contributed by atoms with Crippen LogP contribution in [-0.4, -0.2) is 25.3 Å². The maximum Gasteiger partial charge on any atom is 0.266 e. The molecule has 0 bridgehead atoms. The highest BCUT2D eigenvalue weighted by atomic mass is 79.9. The minimum Gasteiger partial charge on any atom is -0.378 e. The molecule has 0 unspecified atom stereocenters. The Morgan fingerprint density at radius 2 is 2.15 bits per heavy atom. The van der Waals surface area contributed by atoms with Gasteiger partial charge in [-0.2, -0.15) is 5.10 Å². The molecule has 0 aliphatic carbocycles. The summed E-state index contributed by atoms with van der Waals surface area (Å²) in [5.74, 6) is 0. The largest absolute Gasteiger partial charge is 0.378 e. The molecule has 0 fully saturated rings. The maximum atomic E-state index is 11.6. The number of methoxy groups -OCH3 is 1. The third-order valence-corrected chi connectivity index (χ3v) is 4.77. The topological polar surface area (TPSA) is 61.2 Å². The first kappa shape index (κ1) is 15.8. The highest BCUT2D eigenvalue weighted by Gasteiger charge is 2.27. The lowest BCUT2D eigenvalue weighted by molar-refractivity contribution is 0.179. The molecule has 0 aliphatic rings. The second kappa shape index (κ2) is 6.03. The molecule has 0 N–H and O–H groups in total. The number of halogens is 3. The summed E-state index contributed by atoms with van der Waals surface area (Å²) >= 11 is 9.43. The van der Waals surface area contributed by atoms with Crippen molar-refractivity contribution < 1.29 is 13.2 Å². The van der Waals surface area contributed by atoms with E-state index >= 15 is 0 Å². The molecule has 1 aromatic carbocycles. The van der Waals surface area contributed by atoms with Gasteiger partial charge >= 0.3 is 0 Å². The molecule has 2 aromatic rings. The molecule has 0 atom stereocenters. The number of rotatable bonds is 4. The van der Waals surface area contributed by atoms with Gasteiger partial charge in [0.05, 0.1) is 12.3 Å². The summed E-state index contributed by atoms with van der Waals surface area (Å²) in [4.78, 5) is -0.234. The monoisotopic (exact) mass is 398 g/mol. The van der Waals surface area contributed by atoms with Gasteiger partial charge in [0.25, 0.3) is 9.05 Å². The van der Waals surface area contributed by atoms with Gasteiger partial charge < -0.3 is 4.74 Å². The van der Waals surface area contributed by atoms with Crippen LogP contribution in [0.3, 0.4) is 0 Å². The van der Waals surface area contributed by atoms with Gasteiger partial charge in [-0.1, -0.05) is 33.6 Å². The van der Waals surface area contributed by atoms with Crippen molar-refractivity contribution in [2.45, 2.75) is 11.5 Å². The van der Waals surface area contributed by atoms with Crippen LogP contribution in [0.25, 0.3) is 5.69 Å². The average molecular weight is 400 g/mol. The van der Waals surface area contributed by atoms with E-state index in [2.05, 4.69) is 21.0 Å². The molecule has 1 aromatic heterocycles. The van der Waals surface area contributed by atoms with Crippen molar-refractivity contribution in [1.82, 2.24) is 9.78 Å². The summed E-state index contributed by atoms with van der Waals surface area (Å²) in [6, 6.07) is 7.10. The van der Waals surface area contributed by atoms with Gasteiger partial charge in [0.15, 0.2) is 5.15 Å². The fraction of sp³-hybridized carbons (Fsp3) is 0.182. The van der Waals surface area contributed by atoms with Gasteiger partial charge in [-0.25, -0.2) is 13.1 Å². The van der Waals surface area contributed by atoms with Crippen molar-refractivity contribution in [3.05, 3.63) is 39.6 Å². The summed E-state index contributed by atoms with van der Waals surface area (Å²) in [6.45, 7) is -0.0119. The van der Waals surface area contributed by atoms with Crippen LogP contribution in [0.2, 0.25) is 5.15 Å². The first-order valence-electron chi connectivity index (χ1n) is 5.31. The number of nitrogens with zero attached hydrogens (tertiary/aromatic N) is 2. The molecule has 2 rings (SSSR count). The Morgan fingerprint density at radius 1 is 1.45 bits per heavy atom. The van der Waals surface area contributed by atoms with Crippen LogP contribution in [0.1, 0.15) is 5.69 Å². The third kappa shape index (κ3) is 3.17. The van der Waals surface area contributed by atoms with Crippen LogP contribution in [0.4, 0.5) is 0 Å². The summed E-state index contributed by atoms with van der Waals surface area (Å²) in [5, 5.41) is 4.07. The Bertz CT molecular complexity index is 746. The zero-order chi connectivity index (χ0) is 14.9. The van der Waals surface area contributed by atoms with E-state index < -0.39 is 9.05 Å².